The van der Waals surface area contributed by atoms with Gasteiger partial charge in [0.2, 0.25) is 0 Å². The van der Waals surface area contributed by atoms with Crippen molar-refractivity contribution in [1.82, 2.24) is 0 Å². The quantitative estimate of drug-likeness (QED) is 0.604. The van der Waals surface area contributed by atoms with Crippen molar-refractivity contribution in [2.75, 3.05) is 29.4 Å². The molecule has 2 aliphatic heterocycles. The molecule has 2 saturated heterocycles. The molecule has 0 bridgehead atoms. The molecule has 2 aliphatic rings. The van der Waals surface area contributed by atoms with E-state index in [-0.39, 0.29) is 0 Å². The fourth-order valence-electron chi connectivity index (χ4n) is 5.15. The Balaban J connectivity index is 1.44. The number of nitrogens with zero attached hydrogens (tertiary/aromatic N) is 3. The van der Waals surface area contributed by atoms with Crippen molar-refractivity contribution >= 4 is 23.0 Å². The fraction of sp³-hybridized carbons (Fsp3) is 0.480. The monoisotopic (exact) mass is 407 g/mol. The molecular formula is C25H30ClN3. The Morgan fingerprint density at radius 3 is 2.21 bits per heavy atom. The summed E-state index contributed by atoms with van der Waals surface area (Å²) in [6.07, 6.45) is 3.67. The average Bonchev–Trinajstić information content (AvgIpc) is 3.04. The SMILES string of the molecule is CC(C)c1ccc(N2CCC3(CC2)CCN(c2ccc(C#N)c(Cl)c2)[C@H]3C)cc1. The Morgan fingerprint density at radius 2 is 1.62 bits per heavy atom. The van der Waals surface area contributed by atoms with Crippen LogP contribution in [0.3, 0.4) is 0 Å². The number of anilines is 2. The fourth-order valence-corrected chi connectivity index (χ4v) is 5.37. The molecule has 0 aromatic heterocycles. The highest BCUT2D eigenvalue weighted by Gasteiger charge is 2.46. The molecule has 1 atom stereocenters. The lowest BCUT2D eigenvalue weighted by molar-refractivity contribution is 0.205. The van der Waals surface area contributed by atoms with Crippen LogP contribution in [0.4, 0.5) is 11.4 Å². The van der Waals surface area contributed by atoms with Crippen molar-refractivity contribution in [3.05, 3.63) is 58.6 Å². The third kappa shape index (κ3) is 3.71. The van der Waals surface area contributed by atoms with Crippen LogP contribution in [-0.2, 0) is 0 Å². The van der Waals surface area contributed by atoms with E-state index in [0.29, 0.717) is 28.0 Å². The van der Waals surface area contributed by atoms with Gasteiger partial charge in [0, 0.05) is 37.1 Å². The molecule has 0 unspecified atom stereocenters. The molecule has 2 fully saturated rings. The van der Waals surface area contributed by atoms with Gasteiger partial charge in [-0.25, -0.2) is 0 Å². The zero-order valence-electron chi connectivity index (χ0n) is 17.7. The van der Waals surface area contributed by atoms with Crippen LogP contribution >= 0.6 is 11.6 Å². The van der Waals surface area contributed by atoms with Gasteiger partial charge in [0.1, 0.15) is 6.07 Å². The summed E-state index contributed by atoms with van der Waals surface area (Å²) in [6.45, 7) is 10.2. The van der Waals surface area contributed by atoms with Crippen LogP contribution in [0, 0.1) is 16.7 Å². The summed E-state index contributed by atoms with van der Waals surface area (Å²) >= 11 is 6.29. The molecule has 0 saturated carbocycles. The Labute approximate surface area is 179 Å². The summed E-state index contributed by atoms with van der Waals surface area (Å²) in [6, 6.07) is 17.6. The predicted octanol–water partition coefficient (Wildman–Crippen LogP) is 6.22. The topological polar surface area (TPSA) is 30.3 Å². The highest BCUT2D eigenvalue weighted by Crippen LogP contribution is 2.47. The van der Waals surface area contributed by atoms with Gasteiger partial charge in [0.15, 0.2) is 0 Å². The van der Waals surface area contributed by atoms with Crippen molar-refractivity contribution in [3.8, 4) is 6.07 Å². The van der Waals surface area contributed by atoms with E-state index in [1.165, 1.54) is 30.5 Å². The summed E-state index contributed by atoms with van der Waals surface area (Å²) in [7, 11) is 0. The Hall–Kier alpha value is -2.18. The van der Waals surface area contributed by atoms with Gasteiger partial charge in [-0.3, -0.25) is 0 Å². The summed E-state index contributed by atoms with van der Waals surface area (Å²) in [4.78, 5) is 5.03. The molecule has 0 aliphatic carbocycles. The van der Waals surface area contributed by atoms with E-state index in [9.17, 15) is 0 Å². The maximum Gasteiger partial charge on any atom is 0.101 e. The van der Waals surface area contributed by atoms with Gasteiger partial charge in [-0.1, -0.05) is 37.6 Å². The number of halogens is 1. The smallest absolute Gasteiger partial charge is 0.101 e. The number of rotatable bonds is 3. The first-order chi connectivity index (χ1) is 13.9. The van der Waals surface area contributed by atoms with E-state index in [1.807, 2.05) is 18.2 Å². The van der Waals surface area contributed by atoms with Gasteiger partial charge >= 0.3 is 0 Å². The molecule has 0 radical (unpaired) electrons. The van der Waals surface area contributed by atoms with Crippen molar-refractivity contribution in [1.29, 1.82) is 5.26 Å². The van der Waals surface area contributed by atoms with Crippen LogP contribution in [0.1, 0.15) is 57.1 Å². The molecule has 4 heteroatoms. The predicted molar refractivity (Wildman–Crippen MR) is 122 cm³/mol. The maximum absolute atomic E-state index is 9.13. The third-order valence-corrected chi connectivity index (χ3v) is 7.61. The standard InChI is InChI=1S/C25H30ClN3/c1-18(2)20-4-7-22(8-5-20)28-13-10-25(11-14-28)12-15-29(19(25)3)23-9-6-21(17-27)24(26)16-23/h4-9,16,18-19H,10-15H2,1-3H3/t19-/m0/s1. The van der Waals surface area contributed by atoms with Crippen molar-refractivity contribution in [2.45, 2.75) is 52.0 Å². The molecule has 2 heterocycles. The van der Waals surface area contributed by atoms with Crippen molar-refractivity contribution in [3.63, 3.8) is 0 Å². The highest BCUT2D eigenvalue weighted by molar-refractivity contribution is 6.32. The first-order valence-corrected chi connectivity index (χ1v) is 11.1. The maximum atomic E-state index is 9.13. The second-order valence-electron chi connectivity index (χ2n) is 8.99. The molecule has 29 heavy (non-hydrogen) atoms. The summed E-state index contributed by atoms with van der Waals surface area (Å²) in [5.74, 6) is 0.578. The third-order valence-electron chi connectivity index (χ3n) is 7.29. The van der Waals surface area contributed by atoms with Gasteiger partial charge in [0.25, 0.3) is 0 Å². The highest BCUT2D eigenvalue weighted by atomic mass is 35.5. The van der Waals surface area contributed by atoms with Gasteiger partial charge in [-0.15, -0.1) is 0 Å². The van der Waals surface area contributed by atoms with Crippen LogP contribution < -0.4 is 9.80 Å². The Kier molecular flexibility index (Phi) is 5.49. The molecule has 152 valence electrons. The van der Waals surface area contributed by atoms with Crippen LogP contribution in [0.15, 0.2) is 42.5 Å². The van der Waals surface area contributed by atoms with Crippen LogP contribution in [0.2, 0.25) is 5.02 Å². The van der Waals surface area contributed by atoms with E-state index in [2.05, 4.69) is 60.9 Å². The van der Waals surface area contributed by atoms with Crippen LogP contribution in [0.5, 0.6) is 0 Å². The van der Waals surface area contributed by atoms with Crippen molar-refractivity contribution in [2.24, 2.45) is 5.41 Å². The minimum atomic E-state index is 0.370. The minimum absolute atomic E-state index is 0.370. The number of hydrogen-bond acceptors (Lipinski definition) is 3. The summed E-state index contributed by atoms with van der Waals surface area (Å²) in [5, 5.41) is 9.69. The van der Waals surface area contributed by atoms with Gasteiger partial charge < -0.3 is 9.80 Å². The van der Waals surface area contributed by atoms with E-state index in [0.717, 1.165) is 25.3 Å². The minimum Gasteiger partial charge on any atom is -0.371 e. The van der Waals surface area contributed by atoms with E-state index in [4.69, 9.17) is 16.9 Å². The van der Waals surface area contributed by atoms with Crippen LogP contribution in [-0.4, -0.2) is 25.7 Å². The van der Waals surface area contributed by atoms with E-state index >= 15 is 0 Å². The van der Waals surface area contributed by atoms with Crippen LogP contribution in [0.25, 0.3) is 0 Å². The summed E-state index contributed by atoms with van der Waals surface area (Å²) < 4.78 is 0. The molecule has 2 aromatic rings. The lowest BCUT2D eigenvalue weighted by atomic mass is 9.73. The summed E-state index contributed by atoms with van der Waals surface area (Å²) in [5.41, 5.74) is 4.82. The molecule has 4 rings (SSSR count). The molecule has 3 nitrogen and oxygen atoms in total. The zero-order valence-corrected chi connectivity index (χ0v) is 18.4. The molecule has 0 amide bonds. The largest absolute Gasteiger partial charge is 0.371 e. The number of nitriles is 1. The van der Waals surface area contributed by atoms with E-state index in [1.54, 1.807) is 0 Å². The normalized spacial score (nSPS) is 21.0. The molecule has 1 spiro atoms. The van der Waals surface area contributed by atoms with Gasteiger partial charge in [-0.05, 0) is 73.4 Å². The zero-order chi connectivity index (χ0) is 20.6. The number of hydrogen-bond donors (Lipinski definition) is 0. The Morgan fingerprint density at radius 1 is 1.00 bits per heavy atom. The molecule has 0 N–H and O–H groups in total. The average molecular weight is 408 g/mol. The van der Waals surface area contributed by atoms with Gasteiger partial charge in [0.05, 0.1) is 10.6 Å². The van der Waals surface area contributed by atoms with Gasteiger partial charge in [-0.2, -0.15) is 5.26 Å². The lowest BCUT2D eigenvalue weighted by Gasteiger charge is -2.44. The van der Waals surface area contributed by atoms with E-state index < -0.39 is 0 Å². The number of benzene rings is 2. The molecule has 2 aromatic carbocycles. The first kappa shape index (κ1) is 20.1. The second-order valence-corrected chi connectivity index (χ2v) is 9.40. The lowest BCUT2D eigenvalue weighted by Crippen LogP contribution is -2.46. The Bertz CT molecular complexity index is 905. The van der Waals surface area contributed by atoms with Crippen molar-refractivity contribution < 1.29 is 0 Å². The second kappa shape index (κ2) is 7.92. The number of piperidine rings is 1. The first-order valence-electron chi connectivity index (χ1n) is 10.7. The molecular weight excluding hydrogens is 378 g/mol.